The van der Waals surface area contributed by atoms with Crippen molar-refractivity contribution in [3.8, 4) is 0 Å². The number of carboxylic acids is 1. The Hall–Kier alpha value is -2.68. The molecule has 0 saturated carbocycles. The van der Waals surface area contributed by atoms with Gasteiger partial charge in [-0.15, -0.1) is 5.10 Å². The number of anilines is 2. The van der Waals surface area contributed by atoms with E-state index >= 15 is 0 Å². The second-order valence-corrected chi connectivity index (χ2v) is 4.09. The third-order valence-electron chi connectivity index (χ3n) is 2.19. The summed E-state index contributed by atoms with van der Waals surface area (Å²) in [5, 5.41) is 24.6. The molecule has 0 radical (unpaired) electrons. The number of carbonyl (C=O) groups excluding carboxylic acids is 1. The second kappa shape index (κ2) is 5.53. The van der Waals surface area contributed by atoms with E-state index in [0.717, 1.165) is 0 Å². The lowest BCUT2D eigenvalue weighted by Gasteiger charge is -2.06. The Labute approximate surface area is 117 Å². The molecule has 2 aromatic rings. The van der Waals surface area contributed by atoms with Crippen LogP contribution in [-0.4, -0.2) is 37.3 Å². The van der Waals surface area contributed by atoms with Crippen LogP contribution in [0.1, 0.15) is 10.4 Å². The van der Waals surface area contributed by atoms with Crippen molar-refractivity contribution in [2.45, 2.75) is 0 Å². The minimum Gasteiger partial charge on any atom is -0.478 e. The summed E-state index contributed by atoms with van der Waals surface area (Å²) in [5.41, 5.74) is 0.287. The third-order valence-corrected chi connectivity index (χ3v) is 2.50. The molecule has 0 saturated heterocycles. The van der Waals surface area contributed by atoms with Crippen LogP contribution in [0.25, 0.3) is 0 Å². The highest BCUT2D eigenvalue weighted by Crippen LogP contribution is 2.21. The van der Waals surface area contributed by atoms with Gasteiger partial charge in [0.05, 0.1) is 17.6 Å². The Kier molecular flexibility index (Phi) is 3.80. The molecular formula is C10H9ClN6O3. The highest BCUT2D eigenvalue weighted by atomic mass is 35.5. The van der Waals surface area contributed by atoms with Crippen LogP contribution in [0.2, 0.25) is 5.02 Å². The van der Waals surface area contributed by atoms with Crippen molar-refractivity contribution in [2.75, 3.05) is 10.6 Å². The zero-order chi connectivity index (χ0) is 14.7. The molecule has 1 aromatic carbocycles. The number of nitrogens with zero attached hydrogens (tertiary/aromatic N) is 4. The SMILES string of the molecule is Cn1nnc(NC(=O)Nc2ccc(C(=O)O)c(Cl)c2)n1. The molecule has 0 aliphatic rings. The number of aromatic nitrogens is 4. The topological polar surface area (TPSA) is 122 Å². The van der Waals surface area contributed by atoms with E-state index in [1.165, 1.54) is 23.0 Å². The quantitative estimate of drug-likeness (QED) is 0.782. The first-order chi connectivity index (χ1) is 9.45. The van der Waals surface area contributed by atoms with Gasteiger partial charge in [-0.1, -0.05) is 16.7 Å². The van der Waals surface area contributed by atoms with Crippen LogP contribution >= 0.6 is 11.6 Å². The molecule has 0 aliphatic carbocycles. The van der Waals surface area contributed by atoms with Crippen LogP contribution in [0, 0.1) is 0 Å². The van der Waals surface area contributed by atoms with E-state index in [4.69, 9.17) is 16.7 Å². The summed E-state index contributed by atoms with van der Waals surface area (Å²) in [7, 11) is 1.56. The van der Waals surface area contributed by atoms with Crippen LogP contribution in [0.5, 0.6) is 0 Å². The maximum atomic E-state index is 11.6. The summed E-state index contributed by atoms with van der Waals surface area (Å²) in [6.07, 6.45) is 0. The molecule has 1 aromatic heterocycles. The number of rotatable bonds is 3. The fourth-order valence-corrected chi connectivity index (χ4v) is 1.63. The average molecular weight is 297 g/mol. The summed E-state index contributed by atoms with van der Waals surface area (Å²) in [6, 6.07) is 3.44. The first kappa shape index (κ1) is 13.7. The third kappa shape index (κ3) is 3.20. The fourth-order valence-electron chi connectivity index (χ4n) is 1.36. The van der Waals surface area contributed by atoms with E-state index < -0.39 is 12.0 Å². The molecule has 3 N–H and O–H groups in total. The molecule has 1 heterocycles. The Morgan fingerprint density at radius 3 is 2.65 bits per heavy atom. The minimum atomic E-state index is -1.14. The van der Waals surface area contributed by atoms with Crippen molar-refractivity contribution < 1.29 is 14.7 Å². The summed E-state index contributed by atoms with van der Waals surface area (Å²) in [4.78, 5) is 23.6. The molecule has 0 fully saturated rings. The Morgan fingerprint density at radius 1 is 1.35 bits per heavy atom. The number of nitrogens with one attached hydrogen (secondary N) is 2. The number of urea groups is 1. The van der Waals surface area contributed by atoms with E-state index in [2.05, 4.69) is 26.0 Å². The number of benzene rings is 1. The number of carbonyl (C=O) groups is 2. The van der Waals surface area contributed by atoms with Crippen LogP contribution in [0.4, 0.5) is 16.4 Å². The number of carboxylic acid groups (broad SMARTS) is 1. The van der Waals surface area contributed by atoms with Crippen LogP contribution < -0.4 is 10.6 Å². The lowest BCUT2D eigenvalue weighted by molar-refractivity contribution is 0.0697. The van der Waals surface area contributed by atoms with E-state index in [9.17, 15) is 9.59 Å². The number of halogens is 1. The summed E-state index contributed by atoms with van der Waals surface area (Å²) in [6.45, 7) is 0. The van der Waals surface area contributed by atoms with Gasteiger partial charge in [-0.3, -0.25) is 5.32 Å². The van der Waals surface area contributed by atoms with E-state index in [1.54, 1.807) is 7.05 Å². The summed E-state index contributed by atoms with van der Waals surface area (Å²) in [5.74, 6) is -1.10. The highest BCUT2D eigenvalue weighted by molar-refractivity contribution is 6.33. The van der Waals surface area contributed by atoms with Gasteiger partial charge in [0.15, 0.2) is 0 Å². The van der Waals surface area contributed by atoms with Gasteiger partial charge in [0.25, 0.3) is 5.95 Å². The van der Waals surface area contributed by atoms with E-state index in [1.807, 2.05) is 0 Å². The van der Waals surface area contributed by atoms with Crippen LogP contribution in [0.15, 0.2) is 18.2 Å². The number of aromatic carboxylic acids is 1. The molecule has 0 bridgehead atoms. The van der Waals surface area contributed by atoms with Crippen molar-refractivity contribution in [1.82, 2.24) is 20.2 Å². The average Bonchev–Trinajstić information content (AvgIpc) is 2.74. The zero-order valence-corrected chi connectivity index (χ0v) is 10.9. The molecule has 2 amide bonds. The molecular weight excluding hydrogens is 288 g/mol. The van der Waals surface area contributed by atoms with Gasteiger partial charge in [-0.2, -0.15) is 4.80 Å². The van der Waals surface area contributed by atoms with Gasteiger partial charge in [0.1, 0.15) is 0 Å². The lowest BCUT2D eigenvalue weighted by atomic mass is 10.2. The Balaban J connectivity index is 2.04. The normalized spacial score (nSPS) is 10.1. The van der Waals surface area contributed by atoms with Gasteiger partial charge >= 0.3 is 12.0 Å². The van der Waals surface area contributed by atoms with Crippen molar-refractivity contribution >= 4 is 35.2 Å². The van der Waals surface area contributed by atoms with Gasteiger partial charge in [-0.05, 0) is 23.4 Å². The van der Waals surface area contributed by atoms with Crippen molar-refractivity contribution in [2.24, 2.45) is 7.05 Å². The van der Waals surface area contributed by atoms with E-state index in [-0.39, 0.29) is 16.5 Å². The number of hydrogen-bond acceptors (Lipinski definition) is 5. The Bertz CT molecular complexity index is 671. The number of amides is 2. The molecule has 0 unspecified atom stereocenters. The maximum absolute atomic E-state index is 11.6. The molecule has 0 aliphatic heterocycles. The lowest BCUT2D eigenvalue weighted by Crippen LogP contribution is -2.20. The number of hydrogen-bond donors (Lipinski definition) is 3. The first-order valence-corrected chi connectivity index (χ1v) is 5.68. The number of tetrazole rings is 1. The van der Waals surface area contributed by atoms with Gasteiger partial charge in [-0.25, -0.2) is 9.59 Å². The highest BCUT2D eigenvalue weighted by Gasteiger charge is 2.11. The largest absolute Gasteiger partial charge is 0.478 e. The standard InChI is InChI=1S/C10H9ClN6O3/c1-17-15-9(14-16-17)13-10(20)12-5-2-3-6(8(18)19)7(11)4-5/h2-4H,1H3,(H,18,19)(H2,12,13,15,20). The predicted octanol–water partition coefficient (Wildman–Crippen LogP) is 1.21. The van der Waals surface area contributed by atoms with Crippen LogP contribution in [0.3, 0.4) is 0 Å². The maximum Gasteiger partial charge on any atom is 0.337 e. The molecule has 9 nitrogen and oxygen atoms in total. The Morgan fingerprint density at radius 2 is 2.10 bits per heavy atom. The molecule has 0 atom stereocenters. The van der Waals surface area contributed by atoms with E-state index in [0.29, 0.717) is 5.69 Å². The molecule has 104 valence electrons. The second-order valence-electron chi connectivity index (χ2n) is 3.68. The molecule has 0 spiro atoms. The molecule has 20 heavy (non-hydrogen) atoms. The zero-order valence-electron chi connectivity index (χ0n) is 10.2. The number of aryl methyl sites for hydroxylation is 1. The molecule has 2 rings (SSSR count). The smallest absolute Gasteiger partial charge is 0.337 e. The van der Waals surface area contributed by atoms with Gasteiger partial charge in [0, 0.05) is 5.69 Å². The first-order valence-electron chi connectivity index (χ1n) is 5.30. The van der Waals surface area contributed by atoms with Crippen molar-refractivity contribution in [3.63, 3.8) is 0 Å². The van der Waals surface area contributed by atoms with Crippen molar-refractivity contribution in [1.29, 1.82) is 0 Å². The monoisotopic (exact) mass is 296 g/mol. The molecule has 10 heteroatoms. The van der Waals surface area contributed by atoms with Crippen LogP contribution in [-0.2, 0) is 7.05 Å². The van der Waals surface area contributed by atoms with Gasteiger partial charge < -0.3 is 10.4 Å². The fraction of sp³-hybridized carbons (Fsp3) is 0.100. The summed E-state index contributed by atoms with van der Waals surface area (Å²) >= 11 is 5.78. The van der Waals surface area contributed by atoms with Crippen molar-refractivity contribution in [3.05, 3.63) is 28.8 Å². The summed E-state index contributed by atoms with van der Waals surface area (Å²) < 4.78 is 0. The predicted molar refractivity (Wildman–Crippen MR) is 69.9 cm³/mol. The van der Waals surface area contributed by atoms with Gasteiger partial charge in [0.2, 0.25) is 0 Å². The minimum absolute atomic E-state index is 0.0212.